The molecule has 0 aliphatic carbocycles. The highest BCUT2D eigenvalue weighted by molar-refractivity contribution is 14.0. The van der Waals surface area contributed by atoms with Gasteiger partial charge in [-0.3, -0.25) is 4.99 Å². The van der Waals surface area contributed by atoms with Crippen molar-refractivity contribution in [1.82, 2.24) is 20.4 Å². The van der Waals surface area contributed by atoms with Crippen molar-refractivity contribution >= 4 is 47.1 Å². The lowest BCUT2D eigenvalue weighted by atomic mass is 10.1. The van der Waals surface area contributed by atoms with E-state index in [1.54, 1.807) is 30.5 Å². The number of nitrogen functional groups attached to an aromatic ring is 1. The Morgan fingerprint density at radius 2 is 2.00 bits per heavy atom. The van der Waals surface area contributed by atoms with Crippen LogP contribution < -0.4 is 16.4 Å². The molecule has 10 heteroatoms. The van der Waals surface area contributed by atoms with E-state index in [0.717, 1.165) is 18.9 Å². The summed E-state index contributed by atoms with van der Waals surface area (Å²) < 4.78 is 14.6. The summed E-state index contributed by atoms with van der Waals surface area (Å²) in [7, 11) is 1.73. The SMILES string of the molecule is CN=C(NCCCc1nn(-c2ccc(F)cc2)c(N)c1C#N)NCc1ccc(C)s1.I. The van der Waals surface area contributed by atoms with E-state index in [2.05, 4.69) is 45.9 Å². The molecule has 0 amide bonds. The zero-order valence-corrected chi connectivity index (χ0v) is 20.5. The summed E-state index contributed by atoms with van der Waals surface area (Å²) in [5.41, 5.74) is 7.69. The van der Waals surface area contributed by atoms with Gasteiger partial charge in [-0.1, -0.05) is 0 Å². The van der Waals surface area contributed by atoms with Gasteiger partial charge >= 0.3 is 0 Å². The molecule has 0 bridgehead atoms. The predicted molar refractivity (Wildman–Crippen MR) is 134 cm³/mol. The van der Waals surface area contributed by atoms with Crippen molar-refractivity contribution in [3.63, 3.8) is 0 Å². The number of aryl methyl sites for hydroxylation is 2. The van der Waals surface area contributed by atoms with Crippen LogP contribution in [0.5, 0.6) is 0 Å². The lowest BCUT2D eigenvalue weighted by Crippen LogP contribution is -2.37. The minimum Gasteiger partial charge on any atom is -0.382 e. The number of anilines is 1. The first kappa shape index (κ1) is 24.6. The Labute approximate surface area is 202 Å². The predicted octanol–water partition coefficient (Wildman–Crippen LogP) is 3.75. The van der Waals surface area contributed by atoms with Crippen LogP contribution >= 0.6 is 35.3 Å². The maximum Gasteiger partial charge on any atom is 0.191 e. The molecule has 7 nitrogen and oxygen atoms in total. The van der Waals surface area contributed by atoms with Gasteiger partial charge in [0.05, 0.1) is 17.9 Å². The molecule has 0 spiro atoms. The van der Waals surface area contributed by atoms with Crippen LogP contribution in [0, 0.1) is 24.1 Å². The Kier molecular flexibility index (Phi) is 9.26. The molecule has 0 aliphatic heterocycles. The smallest absolute Gasteiger partial charge is 0.191 e. The highest BCUT2D eigenvalue weighted by Gasteiger charge is 2.16. The first-order valence-corrected chi connectivity index (χ1v) is 10.4. The lowest BCUT2D eigenvalue weighted by molar-refractivity contribution is 0.627. The van der Waals surface area contributed by atoms with Gasteiger partial charge in [0.25, 0.3) is 0 Å². The van der Waals surface area contributed by atoms with Crippen LogP contribution in [0.1, 0.15) is 27.4 Å². The molecule has 0 fully saturated rings. The van der Waals surface area contributed by atoms with Crippen molar-refractivity contribution < 1.29 is 4.39 Å². The first-order chi connectivity index (χ1) is 14.5. The van der Waals surface area contributed by atoms with E-state index < -0.39 is 0 Å². The number of benzene rings is 1. The summed E-state index contributed by atoms with van der Waals surface area (Å²) in [5.74, 6) is 0.640. The fraction of sp³-hybridized carbons (Fsp3) is 0.286. The maximum atomic E-state index is 13.2. The zero-order valence-electron chi connectivity index (χ0n) is 17.4. The van der Waals surface area contributed by atoms with Crippen molar-refractivity contribution in [1.29, 1.82) is 5.26 Å². The average Bonchev–Trinajstić information content (AvgIpc) is 3.30. The average molecular weight is 553 g/mol. The Balaban J connectivity index is 0.00000341. The number of guanidine groups is 1. The van der Waals surface area contributed by atoms with E-state index in [0.29, 0.717) is 29.9 Å². The molecule has 2 aromatic heterocycles. The number of hydrogen-bond donors (Lipinski definition) is 3. The minimum absolute atomic E-state index is 0. The van der Waals surface area contributed by atoms with E-state index in [1.807, 2.05) is 0 Å². The van der Waals surface area contributed by atoms with Gasteiger partial charge in [-0.15, -0.1) is 35.3 Å². The van der Waals surface area contributed by atoms with Crippen LogP contribution in [0.15, 0.2) is 41.4 Å². The molecule has 3 rings (SSSR count). The highest BCUT2D eigenvalue weighted by Crippen LogP contribution is 2.21. The number of halogens is 2. The highest BCUT2D eigenvalue weighted by atomic mass is 127. The van der Waals surface area contributed by atoms with Crippen LogP contribution in [0.25, 0.3) is 5.69 Å². The van der Waals surface area contributed by atoms with Gasteiger partial charge in [-0.2, -0.15) is 10.4 Å². The largest absolute Gasteiger partial charge is 0.382 e. The molecule has 0 unspecified atom stereocenters. The van der Waals surface area contributed by atoms with E-state index >= 15 is 0 Å². The summed E-state index contributed by atoms with van der Waals surface area (Å²) >= 11 is 1.75. The minimum atomic E-state index is -0.340. The number of aliphatic imine (C=N–C) groups is 1. The Bertz CT molecular complexity index is 1070. The normalized spacial score (nSPS) is 11.0. The van der Waals surface area contributed by atoms with Crippen LogP contribution in [0.3, 0.4) is 0 Å². The van der Waals surface area contributed by atoms with Crippen molar-refractivity contribution in [3.8, 4) is 11.8 Å². The number of thiophene rings is 1. The summed E-state index contributed by atoms with van der Waals surface area (Å²) in [4.78, 5) is 6.76. The van der Waals surface area contributed by atoms with E-state index in [1.165, 1.54) is 26.6 Å². The summed E-state index contributed by atoms with van der Waals surface area (Å²) in [6, 6.07) is 12.2. The fourth-order valence-corrected chi connectivity index (χ4v) is 3.82. The van der Waals surface area contributed by atoms with Gasteiger partial charge in [0.15, 0.2) is 5.96 Å². The number of nitrogens with one attached hydrogen (secondary N) is 2. The molecule has 0 saturated heterocycles. The molecule has 0 aliphatic rings. The molecule has 0 radical (unpaired) electrons. The molecule has 4 N–H and O–H groups in total. The first-order valence-electron chi connectivity index (χ1n) is 9.55. The standard InChI is InChI=1S/C21H24FN7S.HI/c1-14-5-10-17(30-14)13-27-21(25-2)26-11-3-4-19-18(12-23)20(24)29(28-19)16-8-6-15(22)7-9-16;/h5-10H,3-4,11,13,24H2,1-2H3,(H2,25,26,27);1H. The topological polar surface area (TPSA) is 104 Å². The second-order valence-electron chi connectivity index (χ2n) is 6.68. The van der Waals surface area contributed by atoms with Crippen LogP contribution in [-0.4, -0.2) is 29.3 Å². The second-order valence-corrected chi connectivity index (χ2v) is 8.05. The number of aromatic nitrogens is 2. The van der Waals surface area contributed by atoms with Crippen LogP contribution in [-0.2, 0) is 13.0 Å². The molecular weight excluding hydrogens is 528 g/mol. The van der Waals surface area contributed by atoms with Crippen molar-refractivity contribution in [2.24, 2.45) is 4.99 Å². The fourth-order valence-electron chi connectivity index (χ4n) is 2.99. The Morgan fingerprint density at radius 1 is 1.26 bits per heavy atom. The molecule has 2 heterocycles. The number of nitriles is 1. The number of hydrogen-bond acceptors (Lipinski definition) is 5. The molecule has 0 saturated carbocycles. The number of nitrogens with two attached hydrogens (primary N) is 1. The molecular formula is C21H25FIN7S. The van der Waals surface area contributed by atoms with Gasteiger partial charge in [-0.05, 0) is 56.2 Å². The van der Waals surface area contributed by atoms with Crippen molar-refractivity contribution in [3.05, 3.63) is 63.2 Å². The van der Waals surface area contributed by atoms with Crippen molar-refractivity contribution in [2.75, 3.05) is 19.3 Å². The third-order valence-corrected chi connectivity index (χ3v) is 5.51. The van der Waals surface area contributed by atoms with Gasteiger partial charge in [0.2, 0.25) is 0 Å². The number of nitrogens with zero attached hydrogens (tertiary/aromatic N) is 4. The monoisotopic (exact) mass is 553 g/mol. The van der Waals surface area contributed by atoms with E-state index in [-0.39, 0.29) is 35.6 Å². The molecule has 3 aromatic rings. The van der Waals surface area contributed by atoms with E-state index in [9.17, 15) is 9.65 Å². The lowest BCUT2D eigenvalue weighted by Gasteiger charge is -2.10. The van der Waals surface area contributed by atoms with Gasteiger partial charge in [0.1, 0.15) is 23.3 Å². The Hall–Kier alpha value is -2.65. The zero-order chi connectivity index (χ0) is 21.5. The Morgan fingerprint density at radius 3 is 2.61 bits per heavy atom. The van der Waals surface area contributed by atoms with Gasteiger partial charge < -0.3 is 16.4 Å². The van der Waals surface area contributed by atoms with E-state index in [4.69, 9.17) is 5.73 Å². The van der Waals surface area contributed by atoms with Crippen molar-refractivity contribution in [2.45, 2.75) is 26.3 Å². The summed E-state index contributed by atoms with van der Waals surface area (Å²) in [6.45, 7) is 3.47. The molecule has 164 valence electrons. The molecule has 1 aromatic carbocycles. The second kappa shape index (κ2) is 11.7. The van der Waals surface area contributed by atoms with Crippen LogP contribution in [0.2, 0.25) is 0 Å². The summed E-state index contributed by atoms with van der Waals surface area (Å²) in [6.07, 6.45) is 1.32. The van der Waals surface area contributed by atoms with Gasteiger partial charge in [0, 0.05) is 23.3 Å². The van der Waals surface area contributed by atoms with Gasteiger partial charge in [-0.25, -0.2) is 9.07 Å². The third-order valence-electron chi connectivity index (χ3n) is 4.51. The quantitative estimate of drug-likeness (QED) is 0.179. The molecule has 0 atom stereocenters. The number of rotatable bonds is 7. The van der Waals surface area contributed by atoms with Crippen LogP contribution in [0.4, 0.5) is 10.2 Å². The summed E-state index contributed by atoms with van der Waals surface area (Å²) in [5, 5.41) is 20.5. The molecule has 31 heavy (non-hydrogen) atoms. The third kappa shape index (κ3) is 6.41. The maximum absolute atomic E-state index is 13.2.